The zero-order chi connectivity index (χ0) is 20.5. The van der Waals surface area contributed by atoms with Crippen molar-refractivity contribution in [1.29, 1.82) is 0 Å². The predicted octanol–water partition coefficient (Wildman–Crippen LogP) is 4.33. The number of nitrogens with zero attached hydrogens (tertiary/aromatic N) is 1. The van der Waals surface area contributed by atoms with Gasteiger partial charge in [0.15, 0.2) is 10.9 Å². The molecule has 6 nitrogen and oxygen atoms in total. The van der Waals surface area contributed by atoms with Gasteiger partial charge in [-0.15, -0.1) is 11.3 Å². The number of fused-ring (bicyclic) bond motifs is 1. The molecule has 2 amide bonds. The van der Waals surface area contributed by atoms with Crippen LogP contribution in [-0.4, -0.2) is 50.3 Å². The molecule has 8 heteroatoms. The number of imide groups is 1. The van der Waals surface area contributed by atoms with Crippen LogP contribution >= 0.6 is 23.1 Å². The van der Waals surface area contributed by atoms with Crippen molar-refractivity contribution >= 4 is 56.1 Å². The molecule has 0 radical (unpaired) electrons. The fraction of sp³-hybridized carbons (Fsp3) is 0.400. The maximum absolute atomic E-state index is 13.3. The number of quaternary nitrogens is 1. The van der Waals surface area contributed by atoms with Crippen molar-refractivity contribution in [1.82, 2.24) is 0 Å². The molecule has 1 N–H and O–H groups in total. The number of Topliss-reactive ketones (excluding diaryl/α,β-unsaturated/α-hetero) is 1. The Bertz CT molecular complexity index is 953. The van der Waals surface area contributed by atoms with Crippen LogP contribution in [0.1, 0.15) is 43.5 Å². The summed E-state index contributed by atoms with van der Waals surface area (Å²) in [5.74, 6) is -0.814. The lowest BCUT2D eigenvalue weighted by molar-refractivity contribution is -0.792. The molecule has 0 spiro atoms. The Morgan fingerprint density at radius 1 is 1.29 bits per heavy atom. The van der Waals surface area contributed by atoms with Gasteiger partial charge in [-0.2, -0.15) is 9.28 Å². The second-order valence-corrected chi connectivity index (χ2v) is 9.37. The molecule has 0 saturated carbocycles. The first-order chi connectivity index (χ1) is 13.3. The van der Waals surface area contributed by atoms with Gasteiger partial charge in [0.2, 0.25) is 0 Å². The van der Waals surface area contributed by atoms with E-state index in [4.69, 9.17) is 0 Å². The Labute approximate surface area is 171 Å². The number of ketones is 1. The third kappa shape index (κ3) is 3.64. The normalized spacial score (nSPS) is 22.9. The summed E-state index contributed by atoms with van der Waals surface area (Å²) in [6, 6.07) is 7.12. The number of carbonyl (C=O) groups is 4. The minimum Gasteiger partial charge on any atom is -0.435 e. The van der Waals surface area contributed by atoms with E-state index in [1.807, 2.05) is 24.3 Å². The Morgan fingerprint density at radius 2 is 2.00 bits per heavy atom. The maximum Gasteiger partial charge on any atom is 0.521 e. The standard InChI is InChI=1S/C20H21NO5S2/c1-12-6-5-9-21(12,20(25)26)19(24)18(28-13(2)22)10-16(23)15-11-27-17-8-4-3-7-14(15)17/h3-4,7-8,11-12,18H,5-6,9-10H2,1-2H3/p+1/t12-,18?,21?/m1/s1. The molecule has 1 aromatic heterocycles. The smallest absolute Gasteiger partial charge is 0.435 e. The molecule has 28 heavy (non-hydrogen) atoms. The molecule has 148 valence electrons. The first kappa shape index (κ1) is 20.7. The van der Waals surface area contributed by atoms with E-state index >= 15 is 0 Å². The molecule has 1 aliphatic heterocycles. The van der Waals surface area contributed by atoms with Crippen molar-refractivity contribution in [3.63, 3.8) is 0 Å². The zero-order valence-corrected chi connectivity index (χ0v) is 17.3. The van der Waals surface area contributed by atoms with Crippen LogP contribution in [0.3, 0.4) is 0 Å². The summed E-state index contributed by atoms with van der Waals surface area (Å²) < 4.78 is 0.262. The second-order valence-electron chi connectivity index (χ2n) is 7.08. The van der Waals surface area contributed by atoms with Crippen molar-refractivity contribution in [3.05, 3.63) is 35.2 Å². The molecule has 1 aliphatic rings. The zero-order valence-electron chi connectivity index (χ0n) is 15.7. The van der Waals surface area contributed by atoms with Crippen molar-refractivity contribution < 1.29 is 28.8 Å². The van der Waals surface area contributed by atoms with Crippen LogP contribution in [0.2, 0.25) is 0 Å². The summed E-state index contributed by atoms with van der Waals surface area (Å²) in [6.07, 6.45) is -0.153. The second kappa shape index (κ2) is 8.14. The molecule has 3 atom stereocenters. The van der Waals surface area contributed by atoms with E-state index < -0.39 is 21.7 Å². The number of thiophene rings is 1. The van der Waals surface area contributed by atoms with Crippen molar-refractivity contribution in [3.8, 4) is 0 Å². The van der Waals surface area contributed by atoms with Crippen LogP contribution in [0.4, 0.5) is 4.79 Å². The van der Waals surface area contributed by atoms with E-state index in [0.29, 0.717) is 18.4 Å². The van der Waals surface area contributed by atoms with Gasteiger partial charge >= 0.3 is 12.0 Å². The lowest BCUT2D eigenvalue weighted by Gasteiger charge is -2.32. The van der Waals surface area contributed by atoms with Crippen molar-refractivity contribution in [2.24, 2.45) is 0 Å². The van der Waals surface area contributed by atoms with E-state index in [1.54, 1.807) is 12.3 Å². The summed E-state index contributed by atoms with van der Waals surface area (Å²) in [5.41, 5.74) is 0.513. The molecular weight excluding hydrogens is 398 g/mol. The lowest BCUT2D eigenvalue weighted by Crippen LogP contribution is -2.61. The number of hydrogen-bond acceptors (Lipinski definition) is 6. The van der Waals surface area contributed by atoms with Gasteiger partial charge in [-0.3, -0.25) is 9.59 Å². The van der Waals surface area contributed by atoms with Gasteiger partial charge in [-0.05, 0) is 13.0 Å². The molecule has 2 unspecified atom stereocenters. The highest BCUT2D eigenvalue weighted by Gasteiger charge is 2.55. The topological polar surface area (TPSA) is 88.5 Å². The first-order valence-corrected chi connectivity index (χ1v) is 10.9. The molecule has 0 aliphatic carbocycles. The molecule has 1 fully saturated rings. The average Bonchev–Trinajstić information content (AvgIpc) is 3.24. The highest BCUT2D eigenvalue weighted by Crippen LogP contribution is 2.34. The van der Waals surface area contributed by atoms with Crippen molar-refractivity contribution in [2.45, 2.75) is 44.4 Å². The average molecular weight is 421 g/mol. The highest BCUT2D eigenvalue weighted by atomic mass is 32.2. The molecular formula is C20H22NO5S2+. The largest absolute Gasteiger partial charge is 0.521 e. The van der Waals surface area contributed by atoms with Crippen LogP contribution in [0.25, 0.3) is 10.1 Å². The summed E-state index contributed by atoms with van der Waals surface area (Å²) >= 11 is 2.20. The van der Waals surface area contributed by atoms with Gasteiger partial charge < -0.3 is 5.11 Å². The van der Waals surface area contributed by atoms with Crippen molar-refractivity contribution in [2.75, 3.05) is 6.54 Å². The van der Waals surface area contributed by atoms with Crippen LogP contribution < -0.4 is 0 Å². The van der Waals surface area contributed by atoms with Crippen LogP contribution in [0.5, 0.6) is 0 Å². The van der Waals surface area contributed by atoms with Gasteiger partial charge in [0, 0.05) is 47.2 Å². The molecule has 3 rings (SSSR count). The summed E-state index contributed by atoms with van der Waals surface area (Å²) in [5, 5.41) is 11.1. The van der Waals surface area contributed by atoms with Gasteiger partial charge in [0.25, 0.3) is 0 Å². The van der Waals surface area contributed by atoms with Gasteiger partial charge in [0.05, 0.1) is 6.54 Å². The Hall–Kier alpha value is -2.03. The number of amides is 2. The molecule has 1 aromatic carbocycles. The van der Waals surface area contributed by atoms with E-state index in [2.05, 4.69) is 0 Å². The quantitative estimate of drug-likeness (QED) is 0.572. The number of carboxylic acid groups (broad SMARTS) is 1. The molecule has 1 saturated heterocycles. The first-order valence-electron chi connectivity index (χ1n) is 9.09. The Kier molecular flexibility index (Phi) is 6.02. The third-order valence-electron chi connectivity index (χ3n) is 5.36. The van der Waals surface area contributed by atoms with E-state index in [-0.39, 0.29) is 29.9 Å². The minimum absolute atomic E-state index is 0.191. The maximum atomic E-state index is 13.3. The van der Waals surface area contributed by atoms with Gasteiger partial charge in [0.1, 0.15) is 11.3 Å². The molecule has 2 heterocycles. The van der Waals surface area contributed by atoms with Gasteiger partial charge in [-0.1, -0.05) is 30.0 Å². The minimum atomic E-state index is -1.21. The number of thioether (sulfide) groups is 1. The predicted molar refractivity (Wildman–Crippen MR) is 110 cm³/mol. The molecule has 0 bridgehead atoms. The number of hydrogen-bond donors (Lipinski definition) is 1. The number of rotatable bonds is 5. The van der Waals surface area contributed by atoms with Crippen LogP contribution in [-0.2, 0) is 9.59 Å². The summed E-state index contributed by atoms with van der Waals surface area (Å²) in [6.45, 7) is 3.26. The fourth-order valence-electron chi connectivity index (χ4n) is 3.89. The third-order valence-corrected chi connectivity index (χ3v) is 7.30. The van der Waals surface area contributed by atoms with E-state index in [9.17, 15) is 24.3 Å². The van der Waals surface area contributed by atoms with E-state index in [1.165, 1.54) is 18.3 Å². The lowest BCUT2D eigenvalue weighted by atomic mass is 10.0. The number of benzene rings is 1. The Balaban J connectivity index is 1.92. The SMILES string of the molecule is CC(=O)SC(CC(=O)c1csc2ccccc12)C(=O)[N+]1(C(=O)O)CCC[C@H]1C. The monoisotopic (exact) mass is 420 g/mol. The summed E-state index contributed by atoms with van der Waals surface area (Å²) in [4.78, 5) is 50.0. The summed E-state index contributed by atoms with van der Waals surface area (Å²) in [7, 11) is 0. The molecule has 2 aromatic rings. The fourth-order valence-corrected chi connectivity index (χ4v) is 5.78. The highest BCUT2D eigenvalue weighted by molar-refractivity contribution is 8.14. The van der Waals surface area contributed by atoms with Gasteiger partial charge in [-0.25, -0.2) is 4.79 Å². The number of likely N-dealkylation sites (tertiary alicyclic amines) is 1. The van der Waals surface area contributed by atoms with E-state index in [0.717, 1.165) is 21.8 Å². The number of carbonyl (C=O) groups excluding carboxylic acids is 3. The Morgan fingerprint density at radius 3 is 2.61 bits per heavy atom. The van der Waals surface area contributed by atoms with Crippen LogP contribution in [0, 0.1) is 0 Å². The van der Waals surface area contributed by atoms with Crippen LogP contribution in [0.15, 0.2) is 29.6 Å².